The van der Waals surface area contributed by atoms with Crippen LogP contribution in [0, 0.1) is 6.92 Å². The van der Waals surface area contributed by atoms with E-state index in [1.165, 1.54) is 0 Å². The Hall–Kier alpha value is -1.91. The summed E-state index contributed by atoms with van der Waals surface area (Å²) in [6.07, 6.45) is 1.64. The molecule has 0 atom stereocenters. The van der Waals surface area contributed by atoms with Crippen LogP contribution in [-0.2, 0) is 21.0 Å². The van der Waals surface area contributed by atoms with Crippen molar-refractivity contribution in [3.05, 3.63) is 53.6 Å². The molecule has 0 aliphatic carbocycles. The molecule has 0 heterocycles. The summed E-state index contributed by atoms with van der Waals surface area (Å²) in [7, 11) is 1.61. The van der Waals surface area contributed by atoms with Crippen LogP contribution in [0.15, 0.2) is 47.5 Å². The first-order valence-electron chi connectivity index (χ1n) is 5.86. The fraction of sp³-hybridized carbons (Fsp3) is 0.133. The van der Waals surface area contributed by atoms with E-state index in [2.05, 4.69) is 4.99 Å². The molecule has 0 radical (unpaired) electrons. The molecule has 0 saturated heterocycles. The number of aryl methyl sites for hydroxylation is 1. The number of benzene rings is 2. The second kappa shape index (κ2) is 8.30. The average Bonchev–Trinajstić information content (AvgIpc) is 2.51. The Labute approximate surface area is 127 Å². The molecule has 0 unspecified atom stereocenters. The van der Waals surface area contributed by atoms with Crippen molar-refractivity contribution >= 4 is 11.9 Å². The SMILES string of the molecule is COc1ccccc1N=Cc1cccc(C)c1O.[O]=[V]. The summed E-state index contributed by atoms with van der Waals surface area (Å²) >= 11 is 1.06. The first-order valence-corrected chi connectivity index (χ1v) is 6.43. The Balaban J connectivity index is 0.000000956. The van der Waals surface area contributed by atoms with Gasteiger partial charge < -0.3 is 9.84 Å². The summed E-state index contributed by atoms with van der Waals surface area (Å²) in [5, 5.41) is 9.88. The van der Waals surface area contributed by atoms with Crippen LogP contribution in [0.2, 0.25) is 0 Å². The Morgan fingerprint density at radius 3 is 2.55 bits per heavy atom. The molecule has 103 valence electrons. The van der Waals surface area contributed by atoms with Crippen LogP contribution < -0.4 is 4.74 Å². The zero-order valence-corrected chi connectivity index (χ0v) is 12.7. The molecule has 2 aromatic carbocycles. The number of methoxy groups -OCH3 is 1. The first-order chi connectivity index (χ1) is 9.72. The molecule has 2 aromatic rings. The van der Waals surface area contributed by atoms with Gasteiger partial charge >= 0.3 is 21.0 Å². The second-order valence-electron chi connectivity index (χ2n) is 3.94. The number of rotatable bonds is 3. The number of nitrogens with zero attached hydrogens (tertiary/aromatic N) is 1. The molecule has 5 heteroatoms. The number of phenols is 1. The maximum absolute atomic E-state index is 9.88. The number of aliphatic imine (C=N–C) groups is 1. The summed E-state index contributed by atoms with van der Waals surface area (Å²) in [6.45, 7) is 1.86. The predicted octanol–water partition coefficient (Wildman–Crippen LogP) is 3.34. The number of para-hydroxylation sites is 3. The van der Waals surface area contributed by atoms with Gasteiger partial charge in [0.15, 0.2) is 0 Å². The third-order valence-corrected chi connectivity index (χ3v) is 2.70. The van der Waals surface area contributed by atoms with Crippen LogP contribution >= 0.6 is 0 Å². The predicted molar refractivity (Wildman–Crippen MR) is 73.8 cm³/mol. The van der Waals surface area contributed by atoms with E-state index in [-0.39, 0.29) is 5.75 Å². The van der Waals surface area contributed by atoms with Crippen molar-refractivity contribution < 1.29 is 30.9 Å². The standard InChI is InChI=1S/C15H15NO2.O.V/c1-11-6-5-7-12(15(11)17)10-16-13-8-3-4-9-14(13)18-2;;/h3-10,17H,1-2H3;;. The van der Waals surface area contributed by atoms with Crippen molar-refractivity contribution in [2.24, 2.45) is 4.99 Å². The number of phenolic OH excluding ortho intramolecular Hbond substituents is 1. The molecule has 0 spiro atoms. The fourth-order valence-electron chi connectivity index (χ4n) is 1.66. The summed E-state index contributed by atoms with van der Waals surface area (Å²) in [4.78, 5) is 4.34. The molecule has 4 nitrogen and oxygen atoms in total. The van der Waals surface area contributed by atoms with Crippen LogP contribution in [0.5, 0.6) is 11.5 Å². The van der Waals surface area contributed by atoms with E-state index >= 15 is 0 Å². The Morgan fingerprint density at radius 1 is 1.15 bits per heavy atom. The van der Waals surface area contributed by atoms with Gasteiger partial charge in [-0.3, -0.25) is 4.99 Å². The van der Waals surface area contributed by atoms with E-state index in [4.69, 9.17) is 8.41 Å². The quantitative estimate of drug-likeness (QED) is 0.885. The van der Waals surface area contributed by atoms with E-state index in [0.29, 0.717) is 11.3 Å². The van der Waals surface area contributed by atoms with Crippen LogP contribution in [-0.4, -0.2) is 18.4 Å². The molecule has 2 rings (SSSR count). The minimum absolute atomic E-state index is 0.260. The first kappa shape index (κ1) is 16.1. The summed E-state index contributed by atoms with van der Waals surface area (Å²) in [5.41, 5.74) is 2.26. The Kier molecular flexibility index (Phi) is 6.70. The van der Waals surface area contributed by atoms with Crippen molar-refractivity contribution in [1.82, 2.24) is 0 Å². The molecular weight excluding hydrogens is 293 g/mol. The molecule has 0 aliphatic rings. The van der Waals surface area contributed by atoms with Gasteiger partial charge in [0.2, 0.25) is 0 Å². The van der Waals surface area contributed by atoms with Crippen molar-refractivity contribution in [3.8, 4) is 11.5 Å². The van der Waals surface area contributed by atoms with E-state index < -0.39 is 0 Å². The van der Waals surface area contributed by atoms with Crippen LogP contribution in [0.25, 0.3) is 0 Å². The van der Waals surface area contributed by atoms with Crippen LogP contribution in [0.3, 0.4) is 0 Å². The van der Waals surface area contributed by atoms with Crippen molar-refractivity contribution in [3.63, 3.8) is 0 Å². The number of ether oxygens (including phenoxy) is 1. The molecule has 20 heavy (non-hydrogen) atoms. The van der Waals surface area contributed by atoms with E-state index in [0.717, 1.165) is 28.6 Å². The normalized spacial score (nSPS) is 9.85. The van der Waals surface area contributed by atoms with Crippen LogP contribution in [0.1, 0.15) is 11.1 Å². The molecule has 0 aliphatic heterocycles. The zero-order valence-electron chi connectivity index (χ0n) is 11.3. The fourth-order valence-corrected chi connectivity index (χ4v) is 1.66. The topological polar surface area (TPSA) is 58.9 Å². The molecule has 0 aromatic heterocycles. The molecule has 0 fully saturated rings. The molecule has 0 saturated carbocycles. The minimum atomic E-state index is 0.260. The van der Waals surface area contributed by atoms with Crippen LogP contribution in [0.4, 0.5) is 5.69 Å². The Bertz CT molecular complexity index is 599. The van der Waals surface area contributed by atoms with Crippen molar-refractivity contribution in [2.45, 2.75) is 6.92 Å². The molecular formula is C15H15NO3V. The molecule has 1 N–H and O–H groups in total. The van der Waals surface area contributed by atoms with Gasteiger partial charge in [-0.1, -0.05) is 24.3 Å². The van der Waals surface area contributed by atoms with Crippen molar-refractivity contribution in [1.29, 1.82) is 0 Å². The number of aromatic hydroxyl groups is 1. The summed E-state index contributed by atoms with van der Waals surface area (Å²) in [6, 6.07) is 13.1. The molecule has 0 bridgehead atoms. The zero-order chi connectivity index (χ0) is 15.0. The van der Waals surface area contributed by atoms with E-state index in [9.17, 15) is 5.11 Å². The van der Waals surface area contributed by atoms with Gasteiger partial charge in [-0.05, 0) is 30.7 Å². The third kappa shape index (κ3) is 4.05. The Morgan fingerprint density at radius 2 is 1.85 bits per heavy atom. The molecule has 0 amide bonds. The van der Waals surface area contributed by atoms with Crippen molar-refractivity contribution in [2.75, 3.05) is 7.11 Å². The van der Waals surface area contributed by atoms with Gasteiger partial charge in [-0.15, -0.1) is 0 Å². The van der Waals surface area contributed by atoms with Gasteiger partial charge in [-0.2, -0.15) is 0 Å². The third-order valence-electron chi connectivity index (χ3n) is 2.70. The number of hydrogen-bond donors (Lipinski definition) is 1. The van der Waals surface area contributed by atoms with Gasteiger partial charge in [0.05, 0.1) is 7.11 Å². The van der Waals surface area contributed by atoms with Gasteiger partial charge in [-0.25, -0.2) is 0 Å². The van der Waals surface area contributed by atoms with Gasteiger partial charge in [0.1, 0.15) is 17.2 Å². The average molecular weight is 308 g/mol. The monoisotopic (exact) mass is 308 g/mol. The second-order valence-corrected chi connectivity index (χ2v) is 3.94. The maximum atomic E-state index is 9.88. The summed E-state index contributed by atoms with van der Waals surface area (Å²) < 4.78 is 13.4. The van der Waals surface area contributed by atoms with E-state index in [1.807, 2.05) is 49.4 Å². The van der Waals surface area contributed by atoms with E-state index in [1.54, 1.807) is 13.3 Å². The summed E-state index contributed by atoms with van der Waals surface area (Å²) in [5.74, 6) is 0.969. The van der Waals surface area contributed by atoms with Gasteiger partial charge in [0, 0.05) is 11.8 Å². The number of hydrogen-bond acceptors (Lipinski definition) is 4. The van der Waals surface area contributed by atoms with Gasteiger partial charge in [0.25, 0.3) is 0 Å².